The van der Waals surface area contributed by atoms with Gasteiger partial charge in [-0.3, -0.25) is 0 Å². The first-order valence-corrected chi connectivity index (χ1v) is 9.43. The molecule has 2 aliphatic rings. The minimum atomic E-state index is -0.381. The number of amides is 2. The number of nitrogens with one attached hydrogen (secondary N) is 1. The van der Waals surface area contributed by atoms with Gasteiger partial charge in [-0.1, -0.05) is 30.3 Å². The third-order valence-corrected chi connectivity index (χ3v) is 5.87. The molecule has 1 saturated carbocycles. The Bertz CT molecular complexity index is 805. The van der Waals surface area contributed by atoms with Crippen molar-refractivity contribution in [1.29, 1.82) is 0 Å². The highest BCUT2D eigenvalue weighted by Crippen LogP contribution is 2.46. The number of benzene rings is 2. The average molecular weight is 364 g/mol. The van der Waals surface area contributed by atoms with Crippen LogP contribution < -0.4 is 5.32 Å². The number of esters is 1. The molecule has 0 spiro atoms. The number of hydrogen-bond donors (Lipinski definition) is 1. The molecule has 1 aliphatic heterocycles. The molecule has 1 N–H and O–H groups in total. The SMILES string of the molecule is COC(=O)c1ccc(NC(=O)N2CC3CC(c4ccccc4)CC3C2)cc1. The highest BCUT2D eigenvalue weighted by atomic mass is 16.5. The maximum Gasteiger partial charge on any atom is 0.337 e. The molecule has 4 rings (SSSR count). The van der Waals surface area contributed by atoms with Gasteiger partial charge in [0.25, 0.3) is 0 Å². The zero-order valence-electron chi connectivity index (χ0n) is 15.4. The Labute approximate surface area is 159 Å². The quantitative estimate of drug-likeness (QED) is 0.833. The van der Waals surface area contributed by atoms with E-state index in [1.54, 1.807) is 24.3 Å². The fraction of sp³-hybridized carbons (Fsp3) is 0.364. The van der Waals surface area contributed by atoms with E-state index in [0.29, 0.717) is 29.0 Å². The third-order valence-electron chi connectivity index (χ3n) is 5.87. The number of rotatable bonds is 3. The molecule has 2 aromatic carbocycles. The molecule has 2 fully saturated rings. The largest absolute Gasteiger partial charge is 0.465 e. The maximum absolute atomic E-state index is 12.6. The summed E-state index contributed by atoms with van der Waals surface area (Å²) in [7, 11) is 1.35. The van der Waals surface area contributed by atoms with Crippen LogP contribution in [0.4, 0.5) is 10.5 Å². The van der Waals surface area contributed by atoms with Crippen LogP contribution >= 0.6 is 0 Å². The third kappa shape index (κ3) is 3.68. The first-order valence-electron chi connectivity index (χ1n) is 9.43. The van der Waals surface area contributed by atoms with E-state index in [2.05, 4.69) is 40.4 Å². The topological polar surface area (TPSA) is 58.6 Å². The van der Waals surface area contributed by atoms with Crippen LogP contribution in [0.1, 0.15) is 34.7 Å². The second kappa shape index (κ2) is 7.43. The lowest BCUT2D eigenvalue weighted by Gasteiger charge is -2.20. The van der Waals surface area contributed by atoms with Gasteiger partial charge in [0, 0.05) is 18.8 Å². The summed E-state index contributed by atoms with van der Waals surface area (Å²) in [5.41, 5.74) is 2.58. The van der Waals surface area contributed by atoms with Crippen molar-refractivity contribution in [2.24, 2.45) is 11.8 Å². The molecule has 5 heteroatoms. The highest BCUT2D eigenvalue weighted by Gasteiger charge is 2.42. The van der Waals surface area contributed by atoms with Gasteiger partial charge in [0.15, 0.2) is 0 Å². The van der Waals surface area contributed by atoms with Crippen LogP contribution in [0.5, 0.6) is 0 Å². The summed E-state index contributed by atoms with van der Waals surface area (Å²) < 4.78 is 4.69. The molecule has 2 amide bonds. The second-order valence-corrected chi connectivity index (χ2v) is 7.50. The molecule has 1 aliphatic carbocycles. The van der Waals surface area contributed by atoms with Gasteiger partial charge >= 0.3 is 12.0 Å². The summed E-state index contributed by atoms with van der Waals surface area (Å²) in [6.07, 6.45) is 2.32. The summed E-state index contributed by atoms with van der Waals surface area (Å²) >= 11 is 0. The van der Waals surface area contributed by atoms with E-state index in [0.717, 1.165) is 25.9 Å². The van der Waals surface area contributed by atoms with Crippen molar-refractivity contribution in [1.82, 2.24) is 4.90 Å². The predicted molar refractivity (Wildman–Crippen MR) is 104 cm³/mol. The van der Waals surface area contributed by atoms with Crippen LogP contribution in [0.3, 0.4) is 0 Å². The second-order valence-electron chi connectivity index (χ2n) is 7.50. The zero-order valence-corrected chi connectivity index (χ0v) is 15.4. The van der Waals surface area contributed by atoms with Gasteiger partial charge in [-0.05, 0) is 60.4 Å². The molecular formula is C22H24N2O3. The van der Waals surface area contributed by atoms with Gasteiger partial charge in [-0.15, -0.1) is 0 Å². The lowest BCUT2D eigenvalue weighted by Crippen LogP contribution is -2.33. The first-order chi connectivity index (χ1) is 13.1. The molecule has 0 aromatic heterocycles. The van der Waals surface area contributed by atoms with E-state index in [4.69, 9.17) is 0 Å². The molecule has 2 aromatic rings. The summed E-state index contributed by atoms with van der Waals surface area (Å²) in [4.78, 5) is 26.0. The van der Waals surface area contributed by atoms with Crippen LogP contribution in [-0.2, 0) is 4.74 Å². The summed E-state index contributed by atoms with van der Waals surface area (Å²) in [5.74, 6) is 1.41. The van der Waals surface area contributed by atoms with E-state index in [1.165, 1.54) is 12.7 Å². The molecule has 0 radical (unpaired) electrons. The number of likely N-dealkylation sites (tertiary alicyclic amines) is 1. The number of ether oxygens (including phenoxy) is 1. The standard InChI is InChI=1S/C22H24N2O3/c1-27-21(25)16-7-9-20(10-8-16)23-22(26)24-13-18-11-17(12-19(18)14-24)15-5-3-2-4-6-15/h2-10,17-19H,11-14H2,1H3,(H,23,26). The van der Waals surface area contributed by atoms with Gasteiger partial charge in [0.1, 0.15) is 0 Å². The Kier molecular flexibility index (Phi) is 4.84. The number of fused-ring (bicyclic) bond motifs is 1. The minimum Gasteiger partial charge on any atom is -0.465 e. The smallest absolute Gasteiger partial charge is 0.337 e. The van der Waals surface area contributed by atoms with Crippen molar-refractivity contribution in [3.05, 3.63) is 65.7 Å². The van der Waals surface area contributed by atoms with Gasteiger partial charge < -0.3 is 15.0 Å². The molecule has 1 heterocycles. The van der Waals surface area contributed by atoms with Crippen LogP contribution in [0, 0.1) is 11.8 Å². The number of nitrogens with zero attached hydrogens (tertiary/aromatic N) is 1. The molecule has 0 bridgehead atoms. The van der Waals surface area contributed by atoms with Crippen molar-refractivity contribution < 1.29 is 14.3 Å². The van der Waals surface area contributed by atoms with Crippen LogP contribution in [0.15, 0.2) is 54.6 Å². The Hall–Kier alpha value is -2.82. The molecule has 2 atom stereocenters. The van der Waals surface area contributed by atoms with Crippen molar-refractivity contribution in [2.45, 2.75) is 18.8 Å². The summed E-state index contributed by atoms with van der Waals surface area (Å²) in [5, 5.41) is 2.94. The minimum absolute atomic E-state index is 0.0634. The van der Waals surface area contributed by atoms with Crippen LogP contribution in [0.2, 0.25) is 0 Å². The van der Waals surface area contributed by atoms with Crippen molar-refractivity contribution in [3.63, 3.8) is 0 Å². The summed E-state index contributed by atoms with van der Waals surface area (Å²) in [6, 6.07) is 17.4. The average Bonchev–Trinajstić information content (AvgIpc) is 3.28. The monoisotopic (exact) mass is 364 g/mol. The van der Waals surface area contributed by atoms with Gasteiger partial charge in [0.05, 0.1) is 12.7 Å². The fourth-order valence-electron chi connectivity index (χ4n) is 4.47. The number of hydrogen-bond acceptors (Lipinski definition) is 3. The van der Waals surface area contributed by atoms with E-state index in [-0.39, 0.29) is 12.0 Å². The Morgan fingerprint density at radius 3 is 2.19 bits per heavy atom. The normalized spacial score (nSPS) is 23.7. The Balaban J connectivity index is 1.33. The number of carbonyl (C=O) groups excluding carboxylic acids is 2. The lowest BCUT2D eigenvalue weighted by molar-refractivity contribution is 0.0600. The van der Waals surface area contributed by atoms with Crippen molar-refractivity contribution in [2.75, 3.05) is 25.5 Å². The fourth-order valence-corrected chi connectivity index (χ4v) is 4.47. The molecule has 27 heavy (non-hydrogen) atoms. The van der Waals surface area contributed by atoms with Crippen molar-refractivity contribution >= 4 is 17.7 Å². The lowest BCUT2D eigenvalue weighted by atomic mass is 9.96. The van der Waals surface area contributed by atoms with Gasteiger partial charge in [-0.2, -0.15) is 0 Å². The van der Waals surface area contributed by atoms with E-state index in [1.807, 2.05) is 4.90 Å². The van der Waals surface area contributed by atoms with Crippen LogP contribution in [-0.4, -0.2) is 37.1 Å². The van der Waals surface area contributed by atoms with E-state index < -0.39 is 0 Å². The maximum atomic E-state index is 12.6. The van der Waals surface area contributed by atoms with Crippen molar-refractivity contribution in [3.8, 4) is 0 Å². The van der Waals surface area contributed by atoms with Gasteiger partial charge in [-0.25, -0.2) is 9.59 Å². The van der Waals surface area contributed by atoms with E-state index >= 15 is 0 Å². The van der Waals surface area contributed by atoms with E-state index in [9.17, 15) is 9.59 Å². The first kappa shape index (κ1) is 17.6. The van der Waals surface area contributed by atoms with Gasteiger partial charge in [0.2, 0.25) is 0 Å². The Morgan fingerprint density at radius 2 is 1.59 bits per heavy atom. The zero-order chi connectivity index (χ0) is 18.8. The summed E-state index contributed by atoms with van der Waals surface area (Å²) in [6.45, 7) is 1.64. The molecule has 5 nitrogen and oxygen atoms in total. The highest BCUT2D eigenvalue weighted by molar-refractivity contribution is 5.92. The number of urea groups is 1. The molecule has 1 saturated heterocycles. The number of anilines is 1. The van der Waals surface area contributed by atoms with Crippen LogP contribution in [0.25, 0.3) is 0 Å². The molecule has 140 valence electrons. The molecule has 2 unspecified atom stereocenters. The molecular weight excluding hydrogens is 340 g/mol. The Morgan fingerprint density at radius 1 is 0.963 bits per heavy atom. The predicted octanol–water partition coefficient (Wildman–Crippen LogP) is 4.13. The number of carbonyl (C=O) groups is 2. The number of methoxy groups -OCH3 is 1.